The first-order chi connectivity index (χ1) is 11.2. The van der Waals surface area contributed by atoms with Crippen LogP contribution >= 0.6 is 0 Å². The monoisotopic (exact) mass is 313 g/mol. The molecule has 1 amide bonds. The number of hydrogen-bond acceptors (Lipinski definition) is 3. The van der Waals surface area contributed by atoms with Gasteiger partial charge in [0.1, 0.15) is 5.75 Å². The molecular formula is C19H23NO3. The van der Waals surface area contributed by atoms with Crippen molar-refractivity contribution < 1.29 is 14.3 Å². The van der Waals surface area contributed by atoms with Gasteiger partial charge in [0.05, 0.1) is 13.2 Å². The molecule has 0 aliphatic carbocycles. The summed E-state index contributed by atoms with van der Waals surface area (Å²) in [5, 5.41) is 2.93. The van der Waals surface area contributed by atoms with E-state index in [4.69, 9.17) is 9.47 Å². The molecule has 2 aromatic carbocycles. The van der Waals surface area contributed by atoms with E-state index in [-0.39, 0.29) is 5.91 Å². The quantitative estimate of drug-likeness (QED) is 0.810. The smallest absolute Gasteiger partial charge is 0.251 e. The summed E-state index contributed by atoms with van der Waals surface area (Å²) in [4.78, 5) is 12.3. The van der Waals surface area contributed by atoms with E-state index in [9.17, 15) is 4.79 Å². The fraction of sp³-hybridized carbons (Fsp3) is 0.316. The molecule has 0 aliphatic rings. The molecular weight excluding hydrogens is 290 g/mol. The standard InChI is InChI=1S/C19H23NO3/c1-3-22-14-17-12-16(10-11-18(17)23-4-2)19(21)20-13-15-8-6-5-7-9-15/h5-12H,3-4,13-14H2,1-2H3,(H,20,21). The maximum atomic E-state index is 12.3. The Morgan fingerprint density at radius 1 is 1.04 bits per heavy atom. The van der Waals surface area contributed by atoms with E-state index in [0.29, 0.717) is 31.9 Å². The first-order valence-corrected chi connectivity index (χ1v) is 7.90. The molecule has 2 rings (SSSR count). The fourth-order valence-corrected chi connectivity index (χ4v) is 2.22. The molecule has 0 fully saturated rings. The lowest BCUT2D eigenvalue weighted by molar-refractivity contribution is 0.0950. The molecule has 0 unspecified atom stereocenters. The zero-order chi connectivity index (χ0) is 16.5. The normalized spacial score (nSPS) is 10.3. The van der Waals surface area contributed by atoms with Gasteiger partial charge >= 0.3 is 0 Å². The van der Waals surface area contributed by atoms with Crippen molar-refractivity contribution in [1.82, 2.24) is 5.32 Å². The first kappa shape index (κ1) is 17.0. The van der Waals surface area contributed by atoms with E-state index in [0.717, 1.165) is 16.9 Å². The Labute approximate surface area is 137 Å². The van der Waals surface area contributed by atoms with Gasteiger partial charge in [0.25, 0.3) is 5.91 Å². The van der Waals surface area contributed by atoms with E-state index in [1.165, 1.54) is 0 Å². The van der Waals surface area contributed by atoms with Gasteiger partial charge in [-0.05, 0) is 37.6 Å². The molecule has 0 saturated carbocycles. The molecule has 0 saturated heterocycles. The highest BCUT2D eigenvalue weighted by Gasteiger charge is 2.10. The second-order valence-corrected chi connectivity index (χ2v) is 5.06. The van der Waals surface area contributed by atoms with Crippen molar-refractivity contribution in [2.75, 3.05) is 13.2 Å². The van der Waals surface area contributed by atoms with Crippen LogP contribution in [-0.4, -0.2) is 19.1 Å². The maximum Gasteiger partial charge on any atom is 0.251 e. The van der Waals surface area contributed by atoms with Crippen LogP contribution in [0.25, 0.3) is 0 Å². The van der Waals surface area contributed by atoms with Crippen molar-refractivity contribution in [3.8, 4) is 5.75 Å². The molecule has 122 valence electrons. The molecule has 2 aromatic rings. The summed E-state index contributed by atoms with van der Waals surface area (Å²) in [5.74, 6) is 0.662. The number of amides is 1. The highest BCUT2D eigenvalue weighted by atomic mass is 16.5. The van der Waals surface area contributed by atoms with Crippen LogP contribution in [0.15, 0.2) is 48.5 Å². The van der Waals surface area contributed by atoms with E-state index >= 15 is 0 Å². The number of nitrogens with one attached hydrogen (secondary N) is 1. The second-order valence-electron chi connectivity index (χ2n) is 5.06. The van der Waals surface area contributed by atoms with Crippen LogP contribution in [0.2, 0.25) is 0 Å². The Kier molecular flexibility index (Phi) is 6.63. The molecule has 1 N–H and O–H groups in total. The van der Waals surface area contributed by atoms with Crippen LogP contribution in [0.1, 0.15) is 35.3 Å². The van der Waals surface area contributed by atoms with Crippen LogP contribution in [0.4, 0.5) is 0 Å². The average Bonchev–Trinajstić information content (AvgIpc) is 2.60. The summed E-state index contributed by atoms with van der Waals surface area (Å²) in [5.41, 5.74) is 2.57. The topological polar surface area (TPSA) is 47.6 Å². The molecule has 0 aromatic heterocycles. The van der Waals surface area contributed by atoms with Crippen LogP contribution in [0.5, 0.6) is 5.75 Å². The minimum absolute atomic E-state index is 0.102. The van der Waals surface area contributed by atoms with Crippen molar-refractivity contribution in [2.24, 2.45) is 0 Å². The van der Waals surface area contributed by atoms with Crippen molar-refractivity contribution >= 4 is 5.91 Å². The average molecular weight is 313 g/mol. The molecule has 4 heteroatoms. The Balaban J connectivity index is 2.06. The molecule has 0 spiro atoms. The lowest BCUT2D eigenvalue weighted by atomic mass is 10.1. The predicted octanol–water partition coefficient (Wildman–Crippen LogP) is 3.55. The van der Waals surface area contributed by atoms with Crippen LogP contribution in [0, 0.1) is 0 Å². The van der Waals surface area contributed by atoms with Crippen molar-refractivity contribution in [1.29, 1.82) is 0 Å². The summed E-state index contributed by atoms with van der Waals surface area (Å²) in [7, 11) is 0. The lowest BCUT2D eigenvalue weighted by Crippen LogP contribution is -2.23. The zero-order valence-electron chi connectivity index (χ0n) is 13.7. The summed E-state index contributed by atoms with van der Waals surface area (Å²) in [6.45, 7) is 6.02. The van der Waals surface area contributed by atoms with E-state index in [1.807, 2.05) is 56.3 Å². The van der Waals surface area contributed by atoms with E-state index < -0.39 is 0 Å². The third kappa shape index (κ3) is 5.11. The van der Waals surface area contributed by atoms with Crippen LogP contribution in [0.3, 0.4) is 0 Å². The van der Waals surface area contributed by atoms with Gasteiger partial charge in [-0.1, -0.05) is 30.3 Å². The van der Waals surface area contributed by atoms with Crippen LogP contribution in [-0.2, 0) is 17.9 Å². The summed E-state index contributed by atoms with van der Waals surface area (Å²) in [6, 6.07) is 15.3. The SMILES string of the molecule is CCOCc1cc(C(=O)NCc2ccccc2)ccc1OCC. The van der Waals surface area contributed by atoms with Crippen molar-refractivity contribution in [3.63, 3.8) is 0 Å². The summed E-state index contributed by atoms with van der Waals surface area (Å²) in [6.07, 6.45) is 0. The highest BCUT2D eigenvalue weighted by molar-refractivity contribution is 5.94. The number of carbonyl (C=O) groups is 1. The van der Waals surface area contributed by atoms with E-state index in [2.05, 4.69) is 5.32 Å². The minimum Gasteiger partial charge on any atom is -0.494 e. The van der Waals surface area contributed by atoms with Crippen molar-refractivity contribution in [2.45, 2.75) is 27.0 Å². The maximum absolute atomic E-state index is 12.3. The predicted molar refractivity (Wildman–Crippen MR) is 90.6 cm³/mol. The van der Waals surface area contributed by atoms with Crippen LogP contribution < -0.4 is 10.1 Å². The molecule has 0 radical (unpaired) electrons. The molecule has 23 heavy (non-hydrogen) atoms. The number of rotatable bonds is 8. The Bertz CT molecular complexity index is 626. The molecule has 0 atom stereocenters. The van der Waals surface area contributed by atoms with E-state index in [1.54, 1.807) is 6.07 Å². The molecule has 0 heterocycles. The second kappa shape index (κ2) is 8.96. The van der Waals surface area contributed by atoms with Gasteiger partial charge in [-0.3, -0.25) is 4.79 Å². The number of hydrogen-bond donors (Lipinski definition) is 1. The van der Waals surface area contributed by atoms with Gasteiger partial charge < -0.3 is 14.8 Å². The number of ether oxygens (including phenoxy) is 2. The Hall–Kier alpha value is -2.33. The van der Waals surface area contributed by atoms with Gasteiger partial charge in [0, 0.05) is 24.3 Å². The summed E-state index contributed by atoms with van der Waals surface area (Å²) >= 11 is 0. The minimum atomic E-state index is -0.102. The first-order valence-electron chi connectivity index (χ1n) is 7.90. The third-order valence-electron chi connectivity index (χ3n) is 3.38. The zero-order valence-corrected chi connectivity index (χ0v) is 13.7. The highest BCUT2D eigenvalue weighted by Crippen LogP contribution is 2.21. The van der Waals surface area contributed by atoms with Gasteiger partial charge in [0.15, 0.2) is 0 Å². The Morgan fingerprint density at radius 3 is 2.52 bits per heavy atom. The third-order valence-corrected chi connectivity index (χ3v) is 3.38. The fourth-order valence-electron chi connectivity index (χ4n) is 2.22. The number of benzene rings is 2. The van der Waals surface area contributed by atoms with Gasteiger partial charge in [0.2, 0.25) is 0 Å². The molecule has 0 bridgehead atoms. The molecule has 4 nitrogen and oxygen atoms in total. The van der Waals surface area contributed by atoms with Gasteiger partial charge in [-0.2, -0.15) is 0 Å². The van der Waals surface area contributed by atoms with Gasteiger partial charge in [-0.25, -0.2) is 0 Å². The van der Waals surface area contributed by atoms with Crippen molar-refractivity contribution in [3.05, 3.63) is 65.2 Å². The Morgan fingerprint density at radius 2 is 1.83 bits per heavy atom. The van der Waals surface area contributed by atoms with Gasteiger partial charge in [-0.15, -0.1) is 0 Å². The largest absolute Gasteiger partial charge is 0.494 e. The number of carbonyl (C=O) groups excluding carboxylic acids is 1. The molecule has 0 aliphatic heterocycles. The lowest BCUT2D eigenvalue weighted by Gasteiger charge is -2.12. The summed E-state index contributed by atoms with van der Waals surface area (Å²) < 4.78 is 11.0.